The third kappa shape index (κ3) is 5.39. The Morgan fingerprint density at radius 1 is 1.25 bits per heavy atom. The number of amides is 2. The lowest BCUT2D eigenvalue weighted by Gasteiger charge is -2.31. The average Bonchev–Trinajstić information content (AvgIpc) is 2.53. The third-order valence-electron chi connectivity index (χ3n) is 4.15. The van der Waals surface area contributed by atoms with E-state index in [2.05, 4.69) is 5.32 Å². The highest BCUT2D eigenvalue weighted by Gasteiger charge is 2.35. The Kier molecular flexibility index (Phi) is 7.51. The van der Waals surface area contributed by atoms with Gasteiger partial charge in [-0.2, -0.15) is 0 Å². The molecule has 0 aliphatic heterocycles. The number of ether oxygens (including phenoxy) is 1. The maximum atomic E-state index is 12.4. The fraction of sp³-hybridized carbons (Fsp3) is 0.529. The summed E-state index contributed by atoms with van der Waals surface area (Å²) in [5.41, 5.74) is 6.07. The summed E-state index contributed by atoms with van der Waals surface area (Å²) >= 11 is 0. The predicted octanol–water partition coefficient (Wildman–Crippen LogP) is 2.18. The van der Waals surface area contributed by atoms with Crippen molar-refractivity contribution in [1.29, 1.82) is 0 Å². The van der Waals surface area contributed by atoms with E-state index < -0.39 is 5.54 Å². The van der Waals surface area contributed by atoms with E-state index in [1.165, 1.54) is 4.90 Å². The molecule has 1 aromatic rings. The second-order valence-corrected chi connectivity index (χ2v) is 6.28. The van der Waals surface area contributed by atoms with Crippen LogP contribution < -0.4 is 15.8 Å². The van der Waals surface area contributed by atoms with Gasteiger partial charge in [0.15, 0.2) is 6.61 Å². The molecule has 0 radical (unpaired) electrons. The molecule has 0 aromatic heterocycles. The molecule has 24 heavy (non-hydrogen) atoms. The molecule has 7 heteroatoms. The molecule has 1 aliphatic rings. The number of carbonyl (C=O) groups is 2. The Morgan fingerprint density at radius 2 is 1.92 bits per heavy atom. The van der Waals surface area contributed by atoms with Crippen LogP contribution >= 0.6 is 12.4 Å². The second kappa shape index (κ2) is 8.89. The first-order valence-corrected chi connectivity index (χ1v) is 7.94. The van der Waals surface area contributed by atoms with Crippen molar-refractivity contribution >= 4 is 29.9 Å². The van der Waals surface area contributed by atoms with E-state index >= 15 is 0 Å². The fourth-order valence-corrected chi connectivity index (χ4v) is 2.60. The molecular formula is C17H26ClN3O3. The van der Waals surface area contributed by atoms with E-state index in [1.54, 1.807) is 38.4 Å². The Morgan fingerprint density at radius 3 is 2.54 bits per heavy atom. The van der Waals surface area contributed by atoms with Crippen LogP contribution in [0.3, 0.4) is 0 Å². The minimum absolute atomic E-state index is 0. The third-order valence-corrected chi connectivity index (χ3v) is 4.15. The molecule has 1 aromatic carbocycles. The number of hydrogen-bond acceptors (Lipinski definition) is 4. The molecule has 2 amide bonds. The zero-order valence-electron chi connectivity index (χ0n) is 14.2. The van der Waals surface area contributed by atoms with E-state index in [1.807, 2.05) is 0 Å². The van der Waals surface area contributed by atoms with Gasteiger partial charge in [0.2, 0.25) is 5.91 Å². The molecule has 2 rings (SSSR count). The number of anilines is 1. The Balaban J connectivity index is 0.00000288. The lowest BCUT2D eigenvalue weighted by atomic mass is 9.82. The van der Waals surface area contributed by atoms with Crippen LogP contribution in [0.25, 0.3) is 0 Å². The molecule has 0 atom stereocenters. The standard InChI is InChI=1S/C17H25N3O3.ClH/c1-20(2)15(21)12-23-14-8-6-7-13(11-14)19-16(22)17(18)9-4-3-5-10-17;/h6-8,11H,3-5,9-10,12,18H2,1-2H3,(H,19,22);1H. The van der Waals surface area contributed by atoms with Gasteiger partial charge in [-0.3, -0.25) is 9.59 Å². The van der Waals surface area contributed by atoms with E-state index in [-0.39, 0.29) is 30.8 Å². The van der Waals surface area contributed by atoms with Crippen LogP contribution in [0, 0.1) is 0 Å². The fourth-order valence-electron chi connectivity index (χ4n) is 2.60. The van der Waals surface area contributed by atoms with Gasteiger partial charge < -0.3 is 20.7 Å². The molecule has 1 saturated carbocycles. The summed E-state index contributed by atoms with van der Waals surface area (Å²) in [6, 6.07) is 7.00. The van der Waals surface area contributed by atoms with E-state index in [9.17, 15) is 9.59 Å². The number of halogens is 1. The van der Waals surface area contributed by atoms with Gasteiger partial charge in [-0.15, -0.1) is 12.4 Å². The zero-order valence-corrected chi connectivity index (χ0v) is 15.0. The first-order valence-electron chi connectivity index (χ1n) is 7.94. The van der Waals surface area contributed by atoms with Crippen molar-refractivity contribution < 1.29 is 14.3 Å². The maximum Gasteiger partial charge on any atom is 0.259 e. The van der Waals surface area contributed by atoms with Crippen molar-refractivity contribution in [2.45, 2.75) is 37.6 Å². The van der Waals surface area contributed by atoms with Gasteiger partial charge in [0.25, 0.3) is 5.91 Å². The number of nitrogens with two attached hydrogens (primary N) is 1. The normalized spacial score (nSPS) is 15.8. The summed E-state index contributed by atoms with van der Waals surface area (Å²) in [7, 11) is 3.35. The summed E-state index contributed by atoms with van der Waals surface area (Å²) in [4.78, 5) is 25.4. The highest BCUT2D eigenvalue weighted by atomic mass is 35.5. The number of likely N-dealkylation sites (N-methyl/N-ethyl adjacent to an activating group) is 1. The molecule has 0 unspecified atom stereocenters. The van der Waals surface area contributed by atoms with Crippen LogP contribution in [0.4, 0.5) is 5.69 Å². The predicted molar refractivity (Wildman–Crippen MR) is 96.5 cm³/mol. The van der Waals surface area contributed by atoms with Crippen LogP contribution in [0.1, 0.15) is 32.1 Å². The molecule has 0 heterocycles. The lowest BCUT2D eigenvalue weighted by Crippen LogP contribution is -2.52. The SMILES string of the molecule is CN(C)C(=O)COc1cccc(NC(=O)C2(N)CCCCC2)c1.Cl. The lowest BCUT2D eigenvalue weighted by molar-refractivity contribution is -0.130. The molecule has 3 N–H and O–H groups in total. The van der Waals surface area contributed by atoms with Crippen LogP contribution in [0.15, 0.2) is 24.3 Å². The van der Waals surface area contributed by atoms with Crippen LogP contribution in [-0.4, -0.2) is 43.0 Å². The molecule has 0 saturated heterocycles. The number of nitrogens with one attached hydrogen (secondary N) is 1. The second-order valence-electron chi connectivity index (χ2n) is 6.28. The maximum absolute atomic E-state index is 12.4. The number of hydrogen-bond donors (Lipinski definition) is 2. The van der Waals surface area contributed by atoms with Gasteiger partial charge in [-0.05, 0) is 25.0 Å². The summed E-state index contributed by atoms with van der Waals surface area (Å²) in [6.07, 6.45) is 4.54. The monoisotopic (exact) mass is 355 g/mol. The largest absolute Gasteiger partial charge is 0.484 e. The molecule has 1 fully saturated rings. The van der Waals surface area contributed by atoms with Crippen molar-refractivity contribution in [2.75, 3.05) is 26.0 Å². The smallest absolute Gasteiger partial charge is 0.259 e. The van der Waals surface area contributed by atoms with Crippen LogP contribution in [0.5, 0.6) is 5.75 Å². The van der Waals surface area contributed by atoms with Gasteiger partial charge in [-0.25, -0.2) is 0 Å². The quantitative estimate of drug-likeness (QED) is 0.847. The molecule has 134 valence electrons. The molecule has 0 spiro atoms. The molecule has 6 nitrogen and oxygen atoms in total. The number of carbonyl (C=O) groups excluding carboxylic acids is 2. The average molecular weight is 356 g/mol. The minimum atomic E-state index is -0.782. The number of nitrogens with zero attached hydrogens (tertiary/aromatic N) is 1. The van der Waals surface area contributed by atoms with E-state index in [4.69, 9.17) is 10.5 Å². The van der Waals surface area contributed by atoms with Gasteiger partial charge in [0, 0.05) is 25.8 Å². The summed E-state index contributed by atoms with van der Waals surface area (Å²) in [5, 5.41) is 2.86. The van der Waals surface area contributed by atoms with Gasteiger partial charge in [0.1, 0.15) is 5.75 Å². The zero-order chi connectivity index (χ0) is 16.9. The van der Waals surface area contributed by atoms with Crippen LogP contribution in [0.2, 0.25) is 0 Å². The van der Waals surface area contributed by atoms with E-state index in [0.717, 1.165) is 19.3 Å². The van der Waals surface area contributed by atoms with Crippen LogP contribution in [-0.2, 0) is 9.59 Å². The van der Waals surface area contributed by atoms with Crippen molar-refractivity contribution in [3.63, 3.8) is 0 Å². The molecule has 0 bridgehead atoms. The van der Waals surface area contributed by atoms with Crippen molar-refractivity contribution in [3.05, 3.63) is 24.3 Å². The number of rotatable bonds is 5. The van der Waals surface area contributed by atoms with Gasteiger partial charge >= 0.3 is 0 Å². The van der Waals surface area contributed by atoms with Gasteiger partial charge in [0.05, 0.1) is 5.54 Å². The summed E-state index contributed by atoms with van der Waals surface area (Å²) in [6.45, 7) is -0.0365. The summed E-state index contributed by atoms with van der Waals surface area (Å²) < 4.78 is 5.45. The Labute approximate surface area is 149 Å². The first kappa shape index (κ1) is 20.3. The van der Waals surface area contributed by atoms with E-state index in [0.29, 0.717) is 24.3 Å². The van der Waals surface area contributed by atoms with Crippen molar-refractivity contribution in [1.82, 2.24) is 4.90 Å². The molecular weight excluding hydrogens is 330 g/mol. The minimum Gasteiger partial charge on any atom is -0.484 e. The van der Waals surface area contributed by atoms with Crippen molar-refractivity contribution in [2.24, 2.45) is 5.73 Å². The van der Waals surface area contributed by atoms with Crippen molar-refractivity contribution in [3.8, 4) is 5.75 Å². The highest BCUT2D eigenvalue weighted by molar-refractivity contribution is 5.98. The Bertz CT molecular complexity index is 572. The first-order chi connectivity index (χ1) is 10.9. The summed E-state index contributed by atoms with van der Waals surface area (Å²) in [5.74, 6) is 0.258. The Hall–Kier alpha value is -1.79. The number of benzene rings is 1. The molecule has 1 aliphatic carbocycles. The topological polar surface area (TPSA) is 84.7 Å². The van der Waals surface area contributed by atoms with Gasteiger partial charge in [-0.1, -0.05) is 25.3 Å². The highest BCUT2D eigenvalue weighted by Crippen LogP contribution is 2.27.